The normalized spacial score (nSPS) is 17.8. The minimum atomic E-state index is -1.04. The van der Waals surface area contributed by atoms with Gasteiger partial charge in [0.1, 0.15) is 6.04 Å². The van der Waals surface area contributed by atoms with Crippen LogP contribution in [-0.2, 0) is 16.0 Å². The van der Waals surface area contributed by atoms with Crippen LogP contribution in [0.25, 0.3) is 17.0 Å². The van der Waals surface area contributed by atoms with Crippen LogP contribution < -0.4 is 5.32 Å². The van der Waals surface area contributed by atoms with Crippen LogP contribution in [0.5, 0.6) is 0 Å². The van der Waals surface area contributed by atoms with Crippen LogP contribution in [0.3, 0.4) is 0 Å². The van der Waals surface area contributed by atoms with Crippen molar-refractivity contribution in [1.29, 1.82) is 0 Å². The first-order valence-corrected chi connectivity index (χ1v) is 11.1. The number of carbonyl (C=O) groups excluding carboxylic acids is 1. The zero-order chi connectivity index (χ0) is 23.5. The lowest BCUT2D eigenvalue weighted by Crippen LogP contribution is -2.38. The zero-order valence-corrected chi connectivity index (χ0v) is 19.6. The fraction of sp³-hybridized carbons (Fsp3) is 0.462. The summed E-state index contributed by atoms with van der Waals surface area (Å²) >= 11 is 0. The molecule has 0 aliphatic heterocycles. The number of aliphatic carboxylic acids is 1. The summed E-state index contributed by atoms with van der Waals surface area (Å²) in [5, 5.41) is 11.3. The number of amides is 1. The van der Waals surface area contributed by atoms with Crippen molar-refractivity contribution in [2.45, 2.75) is 66.3 Å². The highest BCUT2D eigenvalue weighted by Crippen LogP contribution is 2.47. The van der Waals surface area contributed by atoms with E-state index in [2.05, 4.69) is 49.1 Å². The zero-order valence-electron chi connectivity index (χ0n) is 19.6. The molecular weight excluding hydrogens is 402 g/mol. The minimum absolute atomic E-state index is 0.161. The number of carbonyl (C=O) groups is 2. The number of aromatic nitrogens is 2. The number of allylic oxidation sites excluding steroid dienone is 2. The molecule has 1 amide bonds. The van der Waals surface area contributed by atoms with Crippen molar-refractivity contribution < 1.29 is 14.7 Å². The number of hydrogen-bond acceptors (Lipinski definition) is 4. The molecular formula is C26H33N3O3. The predicted octanol–water partition coefficient (Wildman–Crippen LogP) is 4.90. The summed E-state index contributed by atoms with van der Waals surface area (Å²) in [6, 6.07) is 6.93. The topological polar surface area (TPSA) is 92.2 Å². The van der Waals surface area contributed by atoms with Crippen LogP contribution >= 0.6 is 0 Å². The summed E-state index contributed by atoms with van der Waals surface area (Å²) in [7, 11) is 0. The van der Waals surface area contributed by atoms with E-state index in [0.717, 1.165) is 29.5 Å². The summed E-state index contributed by atoms with van der Waals surface area (Å²) in [5.74, 6) is -0.643. The Kier molecular flexibility index (Phi) is 6.82. The highest BCUT2D eigenvalue weighted by Gasteiger charge is 2.33. The maximum atomic E-state index is 11.9. The van der Waals surface area contributed by atoms with Crippen molar-refractivity contribution in [2.75, 3.05) is 0 Å². The maximum Gasteiger partial charge on any atom is 0.325 e. The van der Waals surface area contributed by atoms with Gasteiger partial charge in [-0.15, -0.1) is 0 Å². The molecule has 2 N–H and O–H groups in total. The summed E-state index contributed by atoms with van der Waals surface area (Å²) in [5.41, 5.74) is 4.72. The molecule has 0 spiro atoms. The summed E-state index contributed by atoms with van der Waals surface area (Å²) in [6.07, 6.45) is 9.14. The highest BCUT2D eigenvalue weighted by molar-refractivity contribution is 5.83. The third kappa shape index (κ3) is 6.25. The van der Waals surface area contributed by atoms with E-state index in [1.807, 2.05) is 36.7 Å². The number of hydrogen-bond donors (Lipinski definition) is 2. The second-order valence-corrected chi connectivity index (χ2v) is 10.3. The third-order valence-electron chi connectivity index (χ3n) is 5.79. The SMILES string of the molecule is CC(NC(=O)CCc1ccc(-c2ncc(C3=CC(C)(C)CC(C)(C)C3)cn2)cc1)C(=O)O. The van der Waals surface area contributed by atoms with E-state index in [1.165, 1.54) is 12.5 Å². The summed E-state index contributed by atoms with van der Waals surface area (Å²) in [4.78, 5) is 31.9. The van der Waals surface area contributed by atoms with Crippen molar-refractivity contribution in [3.05, 3.63) is 53.9 Å². The molecule has 0 saturated heterocycles. The first-order valence-electron chi connectivity index (χ1n) is 11.1. The lowest BCUT2D eigenvalue weighted by atomic mass is 9.66. The molecule has 0 bridgehead atoms. The van der Waals surface area contributed by atoms with Gasteiger partial charge < -0.3 is 10.4 Å². The second-order valence-electron chi connectivity index (χ2n) is 10.3. The number of benzene rings is 1. The molecule has 0 saturated carbocycles. The van der Waals surface area contributed by atoms with Crippen LogP contribution in [0.1, 0.15) is 65.0 Å². The van der Waals surface area contributed by atoms with Crippen LogP contribution in [0, 0.1) is 10.8 Å². The molecule has 6 heteroatoms. The lowest BCUT2D eigenvalue weighted by Gasteiger charge is -2.39. The number of rotatable bonds is 7. The molecule has 3 rings (SSSR count). The van der Waals surface area contributed by atoms with Gasteiger partial charge in [0.25, 0.3) is 0 Å². The Bertz CT molecular complexity index is 1010. The van der Waals surface area contributed by atoms with E-state index in [1.54, 1.807) is 0 Å². The monoisotopic (exact) mass is 435 g/mol. The van der Waals surface area contributed by atoms with Gasteiger partial charge in [-0.1, -0.05) is 58.0 Å². The molecule has 1 aliphatic carbocycles. The van der Waals surface area contributed by atoms with Crippen LogP contribution in [0.4, 0.5) is 0 Å². The smallest absolute Gasteiger partial charge is 0.325 e. The Morgan fingerprint density at radius 2 is 1.69 bits per heavy atom. The number of carboxylic acid groups (broad SMARTS) is 1. The Morgan fingerprint density at radius 1 is 1.06 bits per heavy atom. The Labute approximate surface area is 190 Å². The molecule has 0 fully saturated rings. The minimum Gasteiger partial charge on any atom is -0.480 e. The fourth-order valence-corrected chi connectivity index (χ4v) is 4.67. The third-order valence-corrected chi connectivity index (χ3v) is 5.79. The number of nitrogens with one attached hydrogen (secondary N) is 1. The summed E-state index contributed by atoms with van der Waals surface area (Å²) in [6.45, 7) is 10.6. The van der Waals surface area contributed by atoms with Gasteiger partial charge in [-0.25, -0.2) is 9.97 Å². The second kappa shape index (κ2) is 9.23. The molecule has 0 radical (unpaired) electrons. The van der Waals surface area contributed by atoms with Gasteiger partial charge in [-0.3, -0.25) is 9.59 Å². The van der Waals surface area contributed by atoms with Crippen molar-refractivity contribution in [3.63, 3.8) is 0 Å². The van der Waals surface area contributed by atoms with E-state index >= 15 is 0 Å². The number of aryl methyl sites for hydroxylation is 1. The molecule has 2 aromatic rings. The average molecular weight is 436 g/mol. The largest absolute Gasteiger partial charge is 0.480 e. The van der Waals surface area contributed by atoms with Gasteiger partial charge >= 0.3 is 5.97 Å². The Morgan fingerprint density at radius 3 is 2.25 bits per heavy atom. The molecule has 1 atom stereocenters. The van der Waals surface area contributed by atoms with Crippen LogP contribution in [0.2, 0.25) is 0 Å². The number of nitrogens with zero attached hydrogens (tertiary/aromatic N) is 2. The molecule has 6 nitrogen and oxygen atoms in total. The van der Waals surface area contributed by atoms with Gasteiger partial charge in [0.2, 0.25) is 5.91 Å². The van der Waals surface area contributed by atoms with Crippen molar-refractivity contribution in [3.8, 4) is 11.4 Å². The summed E-state index contributed by atoms with van der Waals surface area (Å²) < 4.78 is 0. The molecule has 32 heavy (non-hydrogen) atoms. The van der Waals surface area contributed by atoms with Crippen molar-refractivity contribution in [1.82, 2.24) is 15.3 Å². The van der Waals surface area contributed by atoms with Crippen LogP contribution in [-0.4, -0.2) is 33.0 Å². The van der Waals surface area contributed by atoms with E-state index in [0.29, 0.717) is 12.2 Å². The predicted molar refractivity (Wildman–Crippen MR) is 126 cm³/mol. The van der Waals surface area contributed by atoms with Gasteiger partial charge in [-0.2, -0.15) is 0 Å². The van der Waals surface area contributed by atoms with Crippen LogP contribution in [0.15, 0.2) is 42.7 Å². The van der Waals surface area contributed by atoms with Gasteiger partial charge in [0.15, 0.2) is 5.82 Å². The van der Waals surface area contributed by atoms with Gasteiger partial charge in [-0.05, 0) is 48.2 Å². The van der Waals surface area contributed by atoms with E-state index in [9.17, 15) is 9.59 Å². The molecule has 1 aromatic heterocycles. The molecule has 1 heterocycles. The quantitative estimate of drug-likeness (QED) is 0.646. The molecule has 1 aliphatic rings. The van der Waals surface area contributed by atoms with E-state index in [-0.39, 0.29) is 23.2 Å². The van der Waals surface area contributed by atoms with E-state index < -0.39 is 12.0 Å². The van der Waals surface area contributed by atoms with Gasteiger partial charge in [0.05, 0.1) is 0 Å². The molecule has 170 valence electrons. The van der Waals surface area contributed by atoms with Crippen molar-refractivity contribution in [2.24, 2.45) is 10.8 Å². The number of carboxylic acids is 1. The van der Waals surface area contributed by atoms with Crippen molar-refractivity contribution >= 4 is 17.4 Å². The Hall–Kier alpha value is -3.02. The Balaban J connectivity index is 1.64. The van der Waals surface area contributed by atoms with E-state index in [4.69, 9.17) is 5.11 Å². The lowest BCUT2D eigenvalue weighted by molar-refractivity contribution is -0.141. The first-order chi connectivity index (χ1) is 14.9. The average Bonchev–Trinajstić information content (AvgIpc) is 2.70. The standard InChI is InChI=1S/C26H33N3O3/c1-17(24(31)32)29-22(30)11-8-18-6-9-19(10-7-18)23-27-14-21(15-28-23)20-12-25(2,3)16-26(4,5)13-20/h6-7,9-10,12,14-15,17H,8,11,13,16H2,1-5H3,(H,29,30)(H,31,32). The fourth-order valence-electron chi connectivity index (χ4n) is 4.67. The first kappa shape index (κ1) is 23.6. The highest BCUT2D eigenvalue weighted by atomic mass is 16.4. The maximum absolute atomic E-state index is 11.9. The molecule has 1 unspecified atom stereocenters. The molecule has 1 aromatic carbocycles. The van der Waals surface area contributed by atoms with Gasteiger partial charge in [0, 0.05) is 29.9 Å².